The number of aryl methyl sites for hydroxylation is 1. The summed E-state index contributed by atoms with van der Waals surface area (Å²) in [4.78, 5) is 25.9. The van der Waals surface area contributed by atoms with Crippen LogP contribution in [-0.2, 0) is 22.4 Å². The Balaban J connectivity index is 1.56. The number of aliphatic carboxylic acids is 1. The summed E-state index contributed by atoms with van der Waals surface area (Å²) in [6, 6.07) is 24.1. The summed E-state index contributed by atoms with van der Waals surface area (Å²) in [6.45, 7) is 3.18. The Labute approximate surface area is 222 Å². The molecule has 3 aromatic rings. The van der Waals surface area contributed by atoms with Crippen LogP contribution < -0.4 is 9.47 Å². The number of carboxylic acids is 1. The van der Waals surface area contributed by atoms with Crippen LogP contribution >= 0.6 is 11.6 Å². The molecule has 0 saturated carbocycles. The van der Waals surface area contributed by atoms with E-state index in [0.717, 1.165) is 18.4 Å². The first-order valence-corrected chi connectivity index (χ1v) is 12.7. The van der Waals surface area contributed by atoms with Crippen LogP contribution in [0.25, 0.3) is 0 Å². The molecule has 0 saturated heterocycles. The lowest BCUT2D eigenvalue weighted by Crippen LogP contribution is -2.37. The molecule has 7 nitrogen and oxygen atoms in total. The Morgan fingerprint density at radius 3 is 2.30 bits per heavy atom. The maximum atomic E-state index is 12.9. The summed E-state index contributed by atoms with van der Waals surface area (Å²) in [7, 11) is 0. The van der Waals surface area contributed by atoms with E-state index in [0.29, 0.717) is 36.2 Å². The van der Waals surface area contributed by atoms with E-state index in [-0.39, 0.29) is 13.0 Å². The number of para-hydroxylation sites is 1. The fourth-order valence-electron chi connectivity index (χ4n) is 3.73. The van der Waals surface area contributed by atoms with Gasteiger partial charge in [-0.25, -0.2) is 9.59 Å². The van der Waals surface area contributed by atoms with Gasteiger partial charge in [-0.05, 0) is 55.2 Å². The molecular weight excluding hydrogens is 494 g/mol. The Morgan fingerprint density at radius 1 is 0.919 bits per heavy atom. The van der Waals surface area contributed by atoms with Crippen LogP contribution in [0.15, 0.2) is 78.9 Å². The first-order chi connectivity index (χ1) is 18.0. The largest absolute Gasteiger partial charge is 0.492 e. The number of nitrogens with zero attached hydrogens (tertiary/aromatic N) is 1. The molecule has 1 N–H and O–H groups in total. The van der Waals surface area contributed by atoms with Gasteiger partial charge in [0.15, 0.2) is 11.9 Å². The van der Waals surface area contributed by atoms with Gasteiger partial charge in [0.05, 0.1) is 11.6 Å². The minimum atomic E-state index is -0.988. The van der Waals surface area contributed by atoms with E-state index in [2.05, 4.69) is 12.1 Å². The van der Waals surface area contributed by atoms with Crippen LogP contribution in [0.4, 0.5) is 4.79 Å². The topological polar surface area (TPSA) is 85.3 Å². The first kappa shape index (κ1) is 28.0. The van der Waals surface area contributed by atoms with Crippen LogP contribution in [0.2, 0.25) is 5.02 Å². The zero-order valence-corrected chi connectivity index (χ0v) is 21.6. The van der Waals surface area contributed by atoms with Crippen molar-refractivity contribution in [1.82, 2.24) is 4.90 Å². The standard InChI is InChI=1S/C29H32ClNO6/c1-2-35-27(28(32)33)21-23-14-16-24(17-15-23)36-20-19-31(18-8-11-22-9-4-3-5-10-22)29(34)37-26-13-7-6-12-25(26)30/h3-7,9-10,12-17,27H,2,8,11,18-21H2,1H3,(H,32,33). The molecule has 196 valence electrons. The third kappa shape index (κ3) is 9.44. The highest BCUT2D eigenvalue weighted by molar-refractivity contribution is 6.32. The number of ether oxygens (including phenoxy) is 3. The third-order valence-electron chi connectivity index (χ3n) is 5.65. The summed E-state index contributed by atoms with van der Waals surface area (Å²) in [5, 5.41) is 9.63. The lowest BCUT2D eigenvalue weighted by atomic mass is 10.1. The molecule has 3 aromatic carbocycles. The molecule has 0 bridgehead atoms. The van der Waals surface area contributed by atoms with Crippen molar-refractivity contribution in [3.8, 4) is 11.5 Å². The first-order valence-electron chi connectivity index (χ1n) is 12.3. The Bertz CT molecular complexity index is 1120. The number of rotatable bonds is 14. The van der Waals surface area contributed by atoms with Gasteiger partial charge in [-0.2, -0.15) is 0 Å². The van der Waals surface area contributed by atoms with Gasteiger partial charge < -0.3 is 24.2 Å². The molecule has 0 heterocycles. The predicted octanol–water partition coefficient (Wildman–Crippen LogP) is 5.88. The molecule has 8 heteroatoms. The Kier molecular flexibility index (Phi) is 11.3. The highest BCUT2D eigenvalue weighted by Gasteiger charge is 2.19. The van der Waals surface area contributed by atoms with E-state index in [1.165, 1.54) is 5.56 Å². The summed E-state index contributed by atoms with van der Waals surface area (Å²) in [6.07, 6.45) is 0.493. The van der Waals surface area contributed by atoms with Crippen molar-refractivity contribution in [2.24, 2.45) is 0 Å². The smallest absolute Gasteiger partial charge is 0.415 e. The zero-order chi connectivity index (χ0) is 26.5. The molecule has 0 aliphatic heterocycles. The van der Waals surface area contributed by atoms with Crippen molar-refractivity contribution in [2.75, 3.05) is 26.3 Å². The molecule has 37 heavy (non-hydrogen) atoms. The number of amides is 1. The molecule has 1 unspecified atom stereocenters. The molecule has 0 aromatic heterocycles. The minimum absolute atomic E-state index is 0.263. The fraction of sp³-hybridized carbons (Fsp3) is 0.310. The number of hydrogen-bond donors (Lipinski definition) is 1. The van der Waals surface area contributed by atoms with Crippen LogP contribution in [0.5, 0.6) is 11.5 Å². The number of carbonyl (C=O) groups is 2. The Morgan fingerprint density at radius 2 is 1.62 bits per heavy atom. The van der Waals surface area contributed by atoms with Gasteiger partial charge >= 0.3 is 12.1 Å². The van der Waals surface area contributed by atoms with Crippen molar-refractivity contribution in [3.05, 3.63) is 95.0 Å². The zero-order valence-electron chi connectivity index (χ0n) is 20.8. The highest BCUT2D eigenvalue weighted by atomic mass is 35.5. The number of hydrogen-bond acceptors (Lipinski definition) is 5. The quantitative estimate of drug-likeness (QED) is 0.283. The lowest BCUT2D eigenvalue weighted by Gasteiger charge is -2.22. The number of carbonyl (C=O) groups excluding carboxylic acids is 1. The van der Waals surface area contributed by atoms with Crippen molar-refractivity contribution >= 4 is 23.7 Å². The summed E-state index contributed by atoms with van der Waals surface area (Å²) >= 11 is 6.16. The molecule has 1 atom stereocenters. The van der Waals surface area contributed by atoms with Gasteiger partial charge in [-0.3, -0.25) is 0 Å². The Hall–Kier alpha value is -3.55. The normalized spacial score (nSPS) is 11.5. The van der Waals surface area contributed by atoms with E-state index in [9.17, 15) is 14.7 Å². The van der Waals surface area contributed by atoms with Gasteiger partial charge in [-0.15, -0.1) is 0 Å². The van der Waals surface area contributed by atoms with Crippen molar-refractivity contribution in [3.63, 3.8) is 0 Å². The van der Waals surface area contributed by atoms with Gasteiger partial charge in [0.2, 0.25) is 0 Å². The van der Waals surface area contributed by atoms with Crippen molar-refractivity contribution < 1.29 is 28.9 Å². The molecule has 0 aliphatic rings. The second kappa shape index (κ2) is 14.9. The van der Waals surface area contributed by atoms with Gasteiger partial charge in [0.25, 0.3) is 0 Å². The lowest BCUT2D eigenvalue weighted by molar-refractivity contribution is -0.149. The number of carboxylic acid groups (broad SMARTS) is 1. The maximum Gasteiger partial charge on any atom is 0.415 e. The summed E-state index contributed by atoms with van der Waals surface area (Å²) in [5.41, 5.74) is 2.03. The van der Waals surface area contributed by atoms with E-state index in [4.69, 9.17) is 25.8 Å². The highest BCUT2D eigenvalue weighted by Crippen LogP contribution is 2.24. The molecule has 1 amide bonds. The second-order valence-corrected chi connectivity index (χ2v) is 8.76. The van der Waals surface area contributed by atoms with Crippen LogP contribution in [0.1, 0.15) is 24.5 Å². The monoisotopic (exact) mass is 525 g/mol. The van der Waals surface area contributed by atoms with E-state index in [1.807, 2.05) is 30.3 Å². The van der Waals surface area contributed by atoms with Crippen LogP contribution in [0, 0.1) is 0 Å². The maximum absolute atomic E-state index is 12.9. The van der Waals surface area contributed by atoms with E-state index in [1.54, 1.807) is 48.2 Å². The molecular formula is C29H32ClNO6. The van der Waals surface area contributed by atoms with E-state index < -0.39 is 18.2 Å². The van der Waals surface area contributed by atoms with E-state index >= 15 is 0 Å². The fourth-order valence-corrected chi connectivity index (χ4v) is 3.90. The molecule has 0 radical (unpaired) electrons. The minimum Gasteiger partial charge on any atom is -0.492 e. The van der Waals surface area contributed by atoms with Gasteiger partial charge in [0, 0.05) is 19.6 Å². The van der Waals surface area contributed by atoms with Gasteiger partial charge in [0.1, 0.15) is 12.4 Å². The third-order valence-corrected chi connectivity index (χ3v) is 5.96. The average molecular weight is 526 g/mol. The molecule has 0 aliphatic carbocycles. The molecule has 3 rings (SSSR count). The average Bonchev–Trinajstić information content (AvgIpc) is 2.90. The van der Waals surface area contributed by atoms with Gasteiger partial charge in [-0.1, -0.05) is 66.2 Å². The predicted molar refractivity (Wildman–Crippen MR) is 143 cm³/mol. The van der Waals surface area contributed by atoms with Crippen molar-refractivity contribution in [2.45, 2.75) is 32.3 Å². The van der Waals surface area contributed by atoms with Crippen molar-refractivity contribution in [1.29, 1.82) is 0 Å². The summed E-state index contributed by atoms with van der Waals surface area (Å²) < 4.78 is 16.7. The number of benzene rings is 3. The van der Waals surface area contributed by atoms with Crippen LogP contribution in [0.3, 0.4) is 0 Å². The molecule has 0 fully saturated rings. The second-order valence-electron chi connectivity index (χ2n) is 8.35. The molecule has 0 spiro atoms. The van der Waals surface area contributed by atoms with Crippen LogP contribution in [-0.4, -0.2) is 54.5 Å². The SMILES string of the molecule is CCOC(Cc1ccc(OCCN(CCCc2ccccc2)C(=O)Oc2ccccc2Cl)cc1)C(=O)O. The number of halogens is 1. The summed E-state index contributed by atoms with van der Waals surface area (Å²) in [5.74, 6) is -0.0561.